The number of hydrogen-bond donors (Lipinski definition) is 1. The van der Waals surface area contributed by atoms with Crippen molar-refractivity contribution in [1.29, 1.82) is 0 Å². The highest BCUT2D eigenvalue weighted by atomic mass is 15.2. The van der Waals surface area contributed by atoms with Gasteiger partial charge in [0.05, 0.1) is 6.17 Å². The van der Waals surface area contributed by atoms with E-state index in [4.69, 9.17) is 5.73 Å². The molecule has 0 rings (SSSR count). The van der Waals surface area contributed by atoms with Gasteiger partial charge in [-0.25, -0.2) is 0 Å². The molecule has 1 unspecified atom stereocenters. The van der Waals surface area contributed by atoms with Gasteiger partial charge in [0.1, 0.15) is 0 Å². The first-order chi connectivity index (χ1) is 6.47. The fourth-order valence-electron chi connectivity index (χ4n) is 1.76. The van der Waals surface area contributed by atoms with E-state index in [9.17, 15) is 0 Å². The molecule has 0 aromatic carbocycles. The van der Waals surface area contributed by atoms with E-state index in [-0.39, 0.29) is 6.17 Å². The first-order valence-corrected chi connectivity index (χ1v) is 5.97. The molecular formula is C12H28N2. The van der Waals surface area contributed by atoms with Crippen molar-refractivity contribution in [2.45, 2.75) is 53.6 Å². The highest BCUT2D eigenvalue weighted by Crippen LogP contribution is 2.08. The Kier molecular flexibility index (Phi) is 7.20. The van der Waals surface area contributed by atoms with E-state index in [1.807, 2.05) is 0 Å². The molecule has 0 radical (unpaired) electrons. The third-order valence-corrected chi connectivity index (χ3v) is 2.25. The van der Waals surface area contributed by atoms with Crippen molar-refractivity contribution in [2.24, 2.45) is 17.6 Å². The Morgan fingerprint density at radius 3 is 1.71 bits per heavy atom. The highest BCUT2D eigenvalue weighted by Gasteiger charge is 2.15. The molecule has 2 N–H and O–H groups in total. The van der Waals surface area contributed by atoms with E-state index in [2.05, 4.69) is 39.5 Å². The van der Waals surface area contributed by atoms with Crippen LogP contribution in [-0.2, 0) is 0 Å². The molecule has 0 saturated carbocycles. The van der Waals surface area contributed by atoms with Crippen LogP contribution in [0.15, 0.2) is 0 Å². The molecule has 0 bridgehead atoms. The zero-order valence-electron chi connectivity index (χ0n) is 10.6. The van der Waals surface area contributed by atoms with Crippen molar-refractivity contribution in [1.82, 2.24) is 4.90 Å². The standard InChI is InChI=1S/C12H28N2/c1-6-7-12(13)14(8-10(2)3)9-11(4)5/h10-12H,6-9,13H2,1-5H3. The predicted molar refractivity (Wildman–Crippen MR) is 64.1 cm³/mol. The van der Waals surface area contributed by atoms with Gasteiger partial charge < -0.3 is 5.73 Å². The lowest BCUT2D eigenvalue weighted by molar-refractivity contribution is 0.151. The molecule has 0 aromatic heterocycles. The monoisotopic (exact) mass is 200 g/mol. The maximum absolute atomic E-state index is 6.15. The Labute approximate surface area is 89.9 Å². The normalized spacial score (nSPS) is 14.4. The molecule has 0 aromatic rings. The van der Waals surface area contributed by atoms with Crippen LogP contribution in [0.2, 0.25) is 0 Å². The molecule has 0 heterocycles. The molecule has 1 atom stereocenters. The van der Waals surface area contributed by atoms with Gasteiger partial charge in [0.2, 0.25) is 0 Å². The largest absolute Gasteiger partial charge is 0.316 e. The number of nitrogens with zero attached hydrogens (tertiary/aromatic N) is 1. The van der Waals surface area contributed by atoms with Crippen LogP contribution in [0.1, 0.15) is 47.5 Å². The average molecular weight is 200 g/mol. The Bertz CT molecular complexity index is 122. The summed E-state index contributed by atoms with van der Waals surface area (Å²) >= 11 is 0. The summed E-state index contributed by atoms with van der Waals surface area (Å²) < 4.78 is 0. The third-order valence-electron chi connectivity index (χ3n) is 2.25. The molecule has 2 nitrogen and oxygen atoms in total. The van der Waals surface area contributed by atoms with Crippen LogP contribution in [0.4, 0.5) is 0 Å². The molecule has 0 spiro atoms. The minimum atomic E-state index is 0.254. The summed E-state index contributed by atoms with van der Waals surface area (Å²) in [6.07, 6.45) is 2.54. The molecule has 0 aliphatic carbocycles. The Balaban J connectivity index is 4.08. The third kappa shape index (κ3) is 6.39. The molecule has 0 saturated heterocycles. The van der Waals surface area contributed by atoms with Crippen LogP contribution in [0, 0.1) is 11.8 Å². The van der Waals surface area contributed by atoms with Crippen molar-refractivity contribution in [3.63, 3.8) is 0 Å². The number of rotatable bonds is 7. The molecule has 86 valence electrons. The van der Waals surface area contributed by atoms with Crippen molar-refractivity contribution in [3.05, 3.63) is 0 Å². The van der Waals surface area contributed by atoms with Crippen molar-refractivity contribution >= 4 is 0 Å². The zero-order valence-corrected chi connectivity index (χ0v) is 10.6. The second-order valence-corrected chi connectivity index (χ2v) is 5.10. The lowest BCUT2D eigenvalue weighted by Crippen LogP contribution is -2.45. The van der Waals surface area contributed by atoms with Crippen LogP contribution in [0.25, 0.3) is 0 Å². The summed E-state index contributed by atoms with van der Waals surface area (Å²) in [4.78, 5) is 2.43. The molecule has 0 fully saturated rings. The van der Waals surface area contributed by atoms with Gasteiger partial charge in [0, 0.05) is 13.1 Å². The van der Waals surface area contributed by atoms with Crippen LogP contribution in [0.3, 0.4) is 0 Å². The quantitative estimate of drug-likeness (QED) is 0.640. The summed E-state index contributed by atoms with van der Waals surface area (Å²) in [7, 11) is 0. The van der Waals surface area contributed by atoms with Crippen LogP contribution < -0.4 is 5.73 Å². The van der Waals surface area contributed by atoms with Crippen molar-refractivity contribution in [2.75, 3.05) is 13.1 Å². The van der Waals surface area contributed by atoms with Gasteiger partial charge in [0.25, 0.3) is 0 Å². The van der Waals surface area contributed by atoms with Gasteiger partial charge >= 0.3 is 0 Å². The molecule has 0 aliphatic heterocycles. The van der Waals surface area contributed by atoms with E-state index in [1.165, 1.54) is 6.42 Å². The van der Waals surface area contributed by atoms with E-state index in [0.717, 1.165) is 19.5 Å². The second kappa shape index (κ2) is 7.24. The van der Waals surface area contributed by atoms with Gasteiger partial charge in [-0.2, -0.15) is 0 Å². The Morgan fingerprint density at radius 1 is 1.00 bits per heavy atom. The SMILES string of the molecule is CCCC(N)N(CC(C)C)CC(C)C. The fourth-order valence-corrected chi connectivity index (χ4v) is 1.76. The molecule has 2 heteroatoms. The van der Waals surface area contributed by atoms with Crippen LogP contribution in [-0.4, -0.2) is 24.2 Å². The summed E-state index contributed by atoms with van der Waals surface area (Å²) in [5.41, 5.74) is 6.15. The lowest BCUT2D eigenvalue weighted by Gasteiger charge is -2.31. The number of nitrogens with two attached hydrogens (primary N) is 1. The minimum absolute atomic E-state index is 0.254. The average Bonchev–Trinajstić information content (AvgIpc) is 2.01. The van der Waals surface area contributed by atoms with Crippen LogP contribution in [0.5, 0.6) is 0 Å². The molecule has 0 amide bonds. The van der Waals surface area contributed by atoms with Crippen molar-refractivity contribution < 1.29 is 0 Å². The van der Waals surface area contributed by atoms with Gasteiger partial charge in [0.15, 0.2) is 0 Å². The number of hydrogen-bond acceptors (Lipinski definition) is 2. The summed E-state index contributed by atoms with van der Waals surface area (Å²) in [5.74, 6) is 1.41. The van der Waals surface area contributed by atoms with E-state index in [1.54, 1.807) is 0 Å². The first-order valence-electron chi connectivity index (χ1n) is 5.97. The van der Waals surface area contributed by atoms with Gasteiger partial charge in [-0.05, 0) is 18.3 Å². The van der Waals surface area contributed by atoms with E-state index < -0.39 is 0 Å². The highest BCUT2D eigenvalue weighted by molar-refractivity contribution is 4.68. The first kappa shape index (κ1) is 13.9. The topological polar surface area (TPSA) is 29.3 Å². The van der Waals surface area contributed by atoms with Gasteiger partial charge in [-0.15, -0.1) is 0 Å². The zero-order chi connectivity index (χ0) is 11.1. The Hall–Kier alpha value is -0.0800. The summed E-state index contributed by atoms with van der Waals surface area (Å²) in [6.45, 7) is 13.5. The fraction of sp³-hybridized carbons (Fsp3) is 1.00. The molecular weight excluding hydrogens is 172 g/mol. The smallest absolute Gasteiger partial charge is 0.0571 e. The van der Waals surface area contributed by atoms with Crippen LogP contribution >= 0.6 is 0 Å². The van der Waals surface area contributed by atoms with Crippen molar-refractivity contribution in [3.8, 4) is 0 Å². The summed E-state index contributed by atoms with van der Waals surface area (Å²) in [5, 5.41) is 0. The maximum atomic E-state index is 6.15. The maximum Gasteiger partial charge on any atom is 0.0571 e. The van der Waals surface area contributed by atoms with E-state index in [0.29, 0.717) is 11.8 Å². The van der Waals surface area contributed by atoms with Gasteiger partial charge in [-0.3, -0.25) is 4.90 Å². The lowest BCUT2D eigenvalue weighted by atomic mass is 10.1. The van der Waals surface area contributed by atoms with Gasteiger partial charge in [-0.1, -0.05) is 41.0 Å². The Morgan fingerprint density at radius 2 is 1.43 bits per heavy atom. The minimum Gasteiger partial charge on any atom is -0.316 e. The molecule has 14 heavy (non-hydrogen) atoms. The second-order valence-electron chi connectivity index (χ2n) is 5.10. The molecule has 0 aliphatic rings. The summed E-state index contributed by atoms with van der Waals surface area (Å²) in [6, 6.07) is 0. The van der Waals surface area contributed by atoms with E-state index >= 15 is 0 Å². The predicted octanol–water partition coefficient (Wildman–Crippen LogP) is 2.69.